The van der Waals surface area contributed by atoms with Crippen LogP contribution in [0.3, 0.4) is 0 Å². The maximum Gasteiger partial charge on any atom is 0.311 e. The van der Waals surface area contributed by atoms with Crippen LogP contribution in [0.15, 0.2) is 54.6 Å². The van der Waals surface area contributed by atoms with E-state index in [1.807, 2.05) is 55.5 Å². The number of hydrogen-bond acceptors (Lipinski definition) is 6. The van der Waals surface area contributed by atoms with Gasteiger partial charge in [0, 0.05) is 24.4 Å². The quantitative estimate of drug-likeness (QED) is 0.523. The van der Waals surface area contributed by atoms with Crippen LogP contribution in [0, 0.1) is 11.8 Å². The van der Waals surface area contributed by atoms with Crippen molar-refractivity contribution in [2.75, 3.05) is 26.3 Å². The molecule has 0 aromatic heterocycles. The predicted molar refractivity (Wildman–Crippen MR) is 129 cm³/mol. The van der Waals surface area contributed by atoms with Gasteiger partial charge in [0.15, 0.2) is 0 Å². The van der Waals surface area contributed by atoms with Gasteiger partial charge in [0.25, 0.3) is 0 Å². The Labute approximate surface area is 203 Å². The van der Waals surface area contributed by atoms with Crippen LogP contribution in [-0.4, -0.2) is 74.5 Å². The zero-order valence-corrected chi connectivity index (χ0v) is 20.1. The van der Waals surface area contributed by atoms with Gasteiger partial charge in [-0.2, -0.15) is 0 Å². The minimum absolute atomic E-state index is 0.0510. The molecule has 1 aromatic rings. The average Bonchev–Trinajstić information content (AvgIpc) is 3.16. The zero-order chi connectivity index (χ0) is 23.9. The largest absolute Gasteiger partial charge is 0.465 e. The summed E-state index contributed by atoms with van der Waals surface area (Å²) in [5, 5.41) is 9.76. The van der Waals surface area contributed by atoms with Gasteiger partial charge in [0.1, 0.15) is 6.04 Å². The molecule has 4 aliphatic rings. The Morgan fingerprint density at radius 3 is 2.65 bits per heavy atom. The van der Waals surface area contributed by atoms with Crippen molar-refractivity contribution < 1.29 is 24.2 Å². The number of allylic oxidation sites excluding steroid dienone is 1. The van der Waals surface area contributed by atoms with Crippen molar-refractivity contribution in [2.24, 2.45) is 11.8 Å². The van der Waals surface area contributed by atoms with Crippen LogP contribution >= 0.6 is 11.8 Å². The average molecular weight is 483 g/mol. The van der Waals surface area contributed by atoms with Crippen molar-refractivity contribution in [1.29, 1.82) is 0 Å². The smallest absolute Gasteiger partial charge is 0.311 e. The summed E-state index contributed by atoms with van der Waals surface area (Å²) in [6.07, 6.45) is 9.58. The molecule has 2 saturated heterocycles. The number of benzene rings is 1. The monoisotopic (exact) mass is 482 g/mol. The first-order chi connectivity index (χ1) is 16.4. The highest BCUT2D eigenvalue weighted by Crippen LogP contribution is 2.65. The molecule has 0 radical (unpaired) electrons. The summed E-state index contributed by atoms with van der Waals surface area (Å²) in [6, 6.07) is 8.96. The van der Waals surface area contributed by atoms with Gasteiger partial charge in [-0.1, -0.05) is 54.6 Å². The lowest BCUT2D eigenvalue weighted by Crippen LogP contribution is -2.53. The molecule has 1 N–H and O–H groups in total. The van der Waals surface area contributed by atoms with Crippen LogP contribution in [0.4, 0.5) is 0 Å². The summed E-state index contributed by atoms with van der Waals surface area (Å²) in [5.74, 6) is -2.23. The van der Waals surface area contributed by atoms with E-state index >= 15 is 0 Å². The van der Waals surface area contributed by atoms with Gasteiger partial charge in [0.05, 0.1) is 29.8 Å². The number of β-amino-alcohol motifs (C(OH)–C–C–N with tert-alkyl or cyclic N) is 1. The summed E-state index contributed by atoms with van der Waals surface area (Å²) in [4.78, 5) is 44.4. The third-order valence-electron chi connectivity index (χ3n) is 7.39. The molecule has 7 nitrogen and oxygen atoms in total. The van der Waals surface area contributed by atoms with Gasteiger partial charge in [-0.3, -0.25) is 14.4 Å². The number of fused-ring (bicyclic) bond motifs is 2. The standard InChI is InChI=1S/C26H30N2O5S/c1-25-11-6-3-7-16-33-24(32)20(25)19-22(30)28(14-15-29)21-23(31)27(13-8-12-26(19,21)34-25)17-18-9-4-2-5-10-18/h2,4-6,8-12,19-21,29H,3,7,13-17H2,1H3/b11-6-/t19-,20+,21?,25-,26-/m0/s1. The normalized spacial score (nSPS) is 36.1. The number of rotatable bonds is 4. The third-order valence-corrected chi connectivity index (χ3v) is 9.19. The first-order valence-corrected chi connectivity index (χ1v) is 12.7. The summed E-state index contributed by atoms with van der Waals surface area (Å²) in [5.41, 5.74) is 1.00. The molecule has 8 heteroatoms. The number of aliphatic hydroxyl groups excluding tert-OH is 1. The van der Waals surface area contributed by atoms with Crippen molar-refractivity contribution in [2.45, 2.75) is 41.8 Å². The highest BCUT2D eigenvalue weighted by Gasteiger charge is 2.73. The van der Waals surface area contributed by atoms with Gasteiger partial charge in [-0.25, -0.2) is 0 Å². The number of esters is 1. The fraction of sp³-hybridized carbons (Fsp3) is 0.500. The van der Waals surface area contributed by atoms with Gasteiger partial charge in [0.2, 0.25) is 11.8 Å². The summed E-state index contributed by atoms with van der Waals surface area (Å²) in [6.45, 7) is 2.94. The predicted octanol–water partition coefficient (Wildman–Crippen LogP) is 2.16. The van der Waals surface area contributed by atoms with Crippen molar-refractivity contribution in [1.82, 2.24) is 9.80 Å². The number of likely N-dealkylation sites (tertiary alicyclic amines) is 1. The Morgan fingerprint density at radius 1 is 1.09 bits per heavy atom. The van der Waals surface area contributed by atoms with Crippen LogP contribution in [0.25, 0.3) is 0 Å². The van der Waals surface area contributed by atoms with Gasteiger partial charge >= 0.3 is 5.97 Å². The molecule has 0 bridgehead atoms. The number of ether oxygens (including phenoxy) is 1. The first-order valence-electron chi connectivity index (χ1n) is 11.9. The minimum atomic E-state index is -0.906. The number of carbonyl (C=O) groups excluding carboxylic acids is 3. The zero-order valence-electron chi connectivity index (χ0n) is 19.3. The third kappa shape index (κ3) is 3.58. The van der Waals surface area contributed by atoms with Crippen molar-refractivity contribution in [3.05, 3.63) is 60.2 Å². The van der Waals surface area contributed by atoms with Crippen LogP contribution in [-0.2, 0) is 25.7 Å². The van der Waals surface area contributed by atoms with Crippen LogP contribution < -0.4 is 0 Å². The SMILES string of the molecule is C[C@]12/C=C\CCCOC(=O)[C@H]1[C@H]1C(=O)N(CCO)C3C(=O)N(Cc4ccccc4)CC=C[C@@]31S2. The van der Waals surface area contributed by atoms with Crippen molar-refractivity contribution in [3.63, 3.8) is 0 Å². The van der Waals surface area contributed by atoms with E-state index in [0.717, 1.165) is 18.4 Å². The molecular formula is C26H30N2O5S. The molecule has 180 valence electrons. The Balaban J connectivity index is 1.59. The molecule has 34 heavy (non-hydrogen) atoms. The molecule has 1 unspecified atom stereocenters. The molecule has 4 aliphatic heterocycles. The Morgan fingerprint density at radius 2 is 1.88 bits per heavy atom. The second kappa shape index (κ2) is 8.89. The molecule has 2 amide bonds. The van der Waals surface area contributed by atoms with E-state index in [1.165, 1.54) is 16.7 Å². The van der Waals surface area contributed by atoms with E-state index < -0.39 is 27.4 Å². The van der Waals surface area contributed by atoms with Crippen LogP contribution in [0.1, 0.15) is 25.3 Å². The lowest BCUT2D eigenvalue weighted by atomic mass is 9.74. The number of hydrogen-bond donors (Lipinski definition) is 1. The van der Waals surface area contributed by atoms with Gasteiger partial charge in [-0.05, 0) is 25.3 Å². The van der Waals surface area contributed by atoms with Crippen LogP contribution in [0.2, 0.25) is 0 Å². The second-order valence-corrected chi connectivity index (χ2v) is 11.4. The lowest BCUT2D eigenvalue weighted by molar-refractivity contribution is -0.154. The van der Waals surface area contributed by atoms with E-state index in [-0.39, 0.29) is 30.9 Å². The van der Waals surface area contributed by atoms with E-state index in [2.05, 4.69) is 6.08 Å². The highest BCUT2D eigenvalue weighted by molar-refractivity contribution is 8.02. The molecule has 5 rings (SSSR count). The summed E-state index contributed by atoms with van der Waals surface area (Å²) in [7, 11) is 0. The molecule has 0 aliphatic carbocycles. The Bertz CT molecular complexity index is 1040. The van der Waals surface area contributed by atoms with Gasteiger partial charge < -0.3 is 19.6 Å². The number of amides is 2. The second-order valence-electron chi connectivity index (χ2n) is 9.57. The first kappa shape index (κ1) is 23.2. The topological polar surface area (TPSA) is 87.1 Å². The molecular weight excluding hydrogens is 452 g/mol. The molecule has 2 fully saturated rings. The molecule has 1 aromatic carbocycles. The highest BCUT2D eigenvalue weighted by atomic mass is 32.2. The van der Waals surface area contributed by atoms with Crippen LogP contribution in [0.5, 0.6) is 0 Å². The number of carbonyl (C=O) groups is 3. The minimum Gasteiger partial charge on any atom is -0.465 e. The number of aliphatic hydroxyl groups is 1. The molecule has 1 spiro atoms. The summed E-state index contributed by atoms with van der Waals surface area (Å²) < 4.78 is 4.01. The maximum absolute atomic E-state index is 14.0. The van der Waals surface area contributed by atoms with Gasteiger partial charge in [-0.15, -0.1) is 11.8 Å². The lowest BCUT2D eigenvalue weighted by Gasteiger charge is -2.36. The number of cyclic esters (lactones) is 1. The maximum atomic E-state index is 14.0. The van der Waals surface area contributed by atoms with Crippen molar-refractivity contribution in [3.8, 4) is 0 Å². The Kier molecular flexibility index (Phi) is 6.06. The molecule has 4 heterocycles. The number of nitrogens with zero attached hydrogens (tertiary/aromatic N) is 2. The van der Waals surface area contributed by atoms with E-state index in [9.17, 15) is 19.5 Å². The van der Waals surface area contributed by atoms with Crippen molar-refractivity contribution >= 4 is 29.5 Å². The van der Waals surface area contributed by atoms with E-state index in [0.29, 0.717) is 19.7 Å². The fourth-order valence-electron chi connectivity index (χ4n) is 5.97. The van der Waals surface area contributed by atoms with E-state index in [1.54, 1.807) is 4.90 Å². The fourth-order valence-corrected chi connectivity index (χ4v) is 8.13. The number of thioether (sulfide) groups is 1. The molecule has 0 saturated carbocycles. The van der Waals surface area contributed by atoms with E-state index in [4.69, 9.17) is 4.74 Å². The molecule has 5 atom stereocenters. The Hall–Kier alpha value is -2.58. The summed E-state index contributed by atoms with van der Waals surface area (Å²) >= 11 is 1.53.